The predicted molar refractivity (Wildman–Crippen MR) is 62.2 cm³/mol. The van der Waals surface area contributed by atoms with Gasteiger partial charge in [-0.3, -0.25) is 19.3 Å². The Morgan fingerprint density at radius 3 is 2.63 bits per heavy atom. The topological polar surface area (TPSA) is 83.5 Å². The summed E-state index contributed by atoms with van der Waals surface area (Å²) in [5.74, 6) is -0.772. The standard InChI is InChI=1S/C12H12N4O3/c17-10-1-2-11(18)16(10)6-12(19)15-4-8-3-13-7-14-9(8)5-15/h3,7H,1-2,4-6H2. The highest BCUT2D eigenvalue weighted by Gasteiger charge is 2.33. The molecule has 0 atom stereocenters. The smallest absolute Gasteiger partial charge is 0.243 e. The SMILES string of the molecule is O=C(CN1C(=O)CCC1=O)N1Cc2cncnc2C1. The summed E-state index contributed by atoms with van der Waals surface area (Å²) in [6.07, 6.45) is 3.54. The fourth-order valence-corrected chi connectivity index (χ4v) is 2.31. The van der Waals surface area contributed by atoms with E-state index in [1.54, 1.807) is 11.1 Å². The highest BCUT2D eigenvalue weighted by atomic mass is 16.2. The van der Waals surface area contributed by atoms with Crippen LogP contribution < -0.4 is 0 Å². The lowest BCUT2D eigenvalue weighted by atomic mass is 10.3. The van der Waals surface area contributed by atoms with Gasteiger partial charge in [0.1, 0.15) is 12.9 Å². The van der Waals surface area contributed by atoms with Crippen molar-refractivity contribution in [3.63, 3.8) is 0 Å². The van der Waals surface area contributed by atoms with E-state index in [1.807, 2.05) is 0 Å². The van der Waals surface area contributed by atoms with Crippen LogP contribution >= 0.6 is 0 Å². The van der Waals surface area contributed by atoms with E-state index < -0.39 is 0 Å². The Hall–Kier alpha value is -2.31. The number of carbonyl (C=O) groups is 3. The first-order valence-corrected chi connectivity index (χ1v) is 6.04. The molecule has 0 spiro atoms. The zero-order valence-corrected chi connectivity index (χ0v) is 10.2. The maximum atomic E-state index is 12.1. The van der Waals surface area contributed by atoms with E-state index in [1.165, 1.54) is 6.33 Å². The highest BCUT2D eigenvalue weighted by molar-refractivity contribution is 6.04. The molecule has 0 radical (unpaired) electrons. The number of imide groups is 1. The van der Waals surface area contributed by atoms with Gasteiger partial charge in [-0.05, 0) is 0 Å². The summed E-state index contributed by atoms with van der Waals surface area (Å²) < 4.78 is 0. The minimum atomic E-state index is -0.269. The fraction of sp³-hybridized carbons (Fsp3) is 0.417. The molecule has 1 saturated heterocycles. The van der Waals surface area contributed by atoms with Crippen molar-refractivity contribution in [2.24, 2.45) is 0 Å². The number of rotatable bonds is 2. The van der Waals surface area contributed by atoms with Crippen LogP contribution in [0.2, 0.25) is 0 Å². The normalized spacial score (nSPS) is 18.1. The molecule has 0 aliphatic carbocycles. The van der Waals surface area contributed by atoms with E-state index in [0.29, 0.717) is 13.1 Å². The molecule has 0 bridgehead atoms. The molecule has 98 valence electrons. The summed E-state index contributed by atoms with van der Waals surface area (Å²) in [7, 11) is 0. The van der Waals surface area contributed by atoms with Crippen LogP contribution in [0.4, 0.5) is 0 Å². The first-order chi connectivity index (χ1) is 9.15. The van der Waals surface area contributed by atoms with Gasteiger partial charge in [0.15, 0.2) is 0 Å². The average molecular weight is 260 g/mol. The molecule has 1 aromatic heterocycles. The molecule has 3 amide bonds. The molecule has 0 saturated carbocycles. The van der Waals surface area contributed by atoms with E-state index in [2.05, 4.69) is 9.97 Å². The number of fused-ring (bicyclic) bond motifs is 1. The molecule has 7 heteroatoms. The number of aromatic nitrogens is 2. The zero-order chi connectivity index (χ0) is 13.4. The molecule has 19 heavy (non-hydrogen) atoms. The maximum absolute atomic E-state index is 12.1. The van der Waals surface area contributed by atoms with Crippen molar-refractivity contribution in [1.29, 1.82) is 0 Å². The van der Waals surface area contributed by atoms with E-state index in [-0.39, 0.29) is 37.1 Å². The van der Waals surface area contributed by atoms with Gasteiger partial charge in [0.2, 0.25) is 17.7 Å². The lowest BCUT2D eigenvalue weighted by molar-refractivity contribution is -0.145. The highest BCUT2D eigenvalue weighted by Crippen LogP contribution is 2.20. The summed E-state index contributed by atoms with van der Waals surface area (Å²) in [5.41, 5.74) is 1.73. The van der Waals surface area contributed by atoms with Crippen LogP contribution in [-0.2, 0) is 27.5 Å². The monoisotopic (exact) mass is 260 g/mol. The molecule has 2 aliphatic rings. The Bertz CT molecular complexity index is 531. The Morgan fingerprint density at radius 1 is 1.21 bits per heavy atom. The van der Waals surface area contributed by atoms with Crippen molar-refractivity contribution >= 4 is 17.7 Å². The summed E-state index contributed by atoms with van der Waals surface area (Å²) in [5, 5.41) is 0. The number of amides is 3. The fourth-order valence-electron chi connectivity index (χ4n) is 2.31. The Balaban J connectivity index is 1.67. The van der Waals surface area contributed by atoms with Gasteiger partial charge in [-0.1, -0.05) is 0 Å². The number of likely N-dealkylation sites (tertiary alicyclic amines) is 1. The second-order valence-electron chi connectivity index (χ2n) is 4.62. The van der Waals surface area contributed by atoms with Gasteiger partial charge < -0.3 is 4.90 Å². The van der Waals surface area contributed by atoms with Gasteiger partial charge in [0, 0.05) is 31.1 Å². The van der Waals surface area contributed by atoms with E-state index in [9.17, 15) is 14.4 Å². The van der Waals surface area contributed by atoms with E-state index in [0.717, 1.165) is 16.2 Å². The molecular weight excluding hydrogens is 248 g/mol. The number of hydrogen-bond acceptors (Lipinski definition) is 5. The molecule has 2 aliphatic heterocycles. The predicted octanol–water partition coefficient (Wildman–Crippen LogP) is -0.532. The molecule has 3 rings (SSSR count). The maximum Gasteiger partial charge on any atom is 0.243 e. The molecule has 1 aromatic rings. The summed E-state index contributed by atoms with van der Waals surface area (Å²) in [6, 6.07) is 0. The molecule has 7 nitrogen and oxygen atoms in total. The Labute approximate surface area is 109 Å². The van der Waals surface area contributed by atoms with Gasteiger partial charge in [-0.2, -0.15) is 0 Å². The Kier molecular flexibility index (Phi) is 2.73. The molecule has 0 unspecified atom stereocenters. The van der Waals surface area contributed by atoms with Crippen molar-refractivity contribution in [3.05, 3.63) is 23.8 Å². The third-order valence-corrected chi connectivity index (χ3v) is 3.38. The minimum Gasteiger partial charge on any atom is -0.331 e. The van der Waals surface area contributed by atoms with Crippen LogP contribution in [0.1, 0.15) is 24.1 Å². The second-order valence-corrected chi connectivity index (χ2v) is 4.62. The van der Waals surface area contributed by atoms with Crippen molar-refractivity contribution < 1.29 is 14.4 Å². The van der Waals surface area contributed by atoms with Gasteiger partial charge in [-0.25, -0.2) is 9.97 Å². The Morgan fingerprint density at radius 2 is 1.95 bits per heavy atom. The first kappa shape index (κ1) is 11.8. The van der Waals surface area contributed by atoms with E-state index >= 15 is 0 Å². The third-order valence-electron chi connectivity index (χ3n) is 3.38. The number of nitrogens with zero attached hydrogens (tertiary/aromatic N) is 4. The van der Waals surface area contributed by atoms with E-state index in [4.69, 9.17) is 0 Å². The molecule has 0 aromatic carbocycles. The summed E-state index contributed by atoms with van der Waals surface area (Å²) >= 11 is 0. The van der Waals surface area contributed by atoms with Crippen LogP contribution in [0.25, 0.3) is 0 Å². The van der Waals surface area contributed by atoms with Crippen LogP contribution in [0.3, 0.4) is 0 Å². The zero-order valence-electron chi connectivity index (χ0n) is 10.2. The second kappa shape index (κ2) is 4.42. The van der Waals surface area contributed by atoms with Crippen molar-refractivity contribution in [2.45, 2.75) is 25.9 Å². The van der Waals surface area contributed by atoms with Crippen molar-refractivity contribution in [2.75, 3.05) is 6.54 Å². The number of carbonyl (C=O) groups excluding carboxylic acids is 3. The van der Waals surface area contributed by atoms with Crippen molar-refractivity contribution in [1.82, 2.24) is 19.8 Å². The number of hydrogen-bond donors (Lipinski definition) is 0. The van der Waals surface area contributed by atoms with Crippen LogP contribution in [0.5, 0.6) is 0 Å². The molecule has 0 N–H and O–H groups in total. The third kappa shape index (κ3) is 2.07. The van der Waals surface area contributed by atoms with Crippen LogP contribution in [0, 0.1) is 0 Å². The first-order valence-electron chi connectivity index (χ1n) is 6.04. The van der Waals surface area contributed by atoms with Crippen LogP contribution in [-0.4, -0.2) is 44.0 Å². The quantitative estimate of drug-likeness (QED) is 0.667. The van der Waals surface area contributed by atoms with Gasteiger partial charge in [0.05, 0.1) is 12.2 Å². The van der Waals surface area contributed by atoms with Gasteiger partial charge in [-0.15, -0.1) is 0 Å². The lowest BCUT2D eigenvalue weighted by Gasteiger charge is -2.19. The summed E-state index contributed by atoms with van der Waals surface area (Å²) in [4.78, 5) is 45.7. The average Bonchev–Trinajstić information content (AvgIpc) is 2.97. The minimum absolute atomic E-state index is 0.168. The largest absolute Gasteiger partial charge is 0.331 e. The lowest BCUT2D eigenvalue weighted by Crippen LogP contribution is -2.40. The van der Waals surface area contributed by atoms with Crippen LogP contribution in [0.15, 0.2) is 12.5 Å². The van der Waals surface area contributed by atoms with Crippen molar-refractivity contribution in [3.8, 4) is 0 Å². The molecule has 1 fully saturated rings. The summed E-state index contributed by atoms with van der Waals surface area (Å²) in [6.45, 7) is 0.678. The van der Waals surface area contributed by atoms with Gasteiger partial charge in [0.25, 0.3) is 0 Å². The molecular formula is C12H12N4O3. The van der Waals surface area contributed by atoms with Gasteiger partial charge >= 0.3 is 0 Å². The molecule has 3 heterocycles.